The predicted molar refractivity (Wildman–Crippen MR) is 99.7 cm³/mol. The number of fused-ring (bicyclic) bond motifs is 1. The van der Waals surface area contributed by atoms with Gasteiger partial charge in [0.15, 0.2) is 9.84 Å². The Hall–Kier alpha value is -1.44. The molecule has 0 saturated carbocycles. The van der Waals surface area contributed by atoms with Crippen LogP contribution in [0.3, 0.4) is 0 Å². The van der Waals surface area contributed by atoms with E-state index in [1.54, 1.807) is 18.2 Å². The zero-order valence-electron chi connectivity index (χ0n) is 14.4. The first kappa shape index (κ1) is 18.4. The first-order valence-electron chi connectivity index (χ1n) is 8.40. The Bertz CT molecular complexity index is 981. The van der Waals surface area contributed by atoms with E-state index in [1.807, 2.05) is 38.1 Å². The molecule has 0 radical (unpaired) electrons. The van der Waals surface area contributed by atoms with Crippen LogP contribution < -0.4 is 0 Å². The highest BCUT2D eigenvalue weighted by molar-refractivity contribution is 7.92. The van der Waals surface area contributed by atoms with E-state index in [0.717, 1.165) is 10.8 Å². The summed E-state index contributed by atoms with van der Waals surface area (Å²) in [5.41, 5.74) is 0. The Balaban J connectivity index is 2.02. The van der Waals surface area contributed by atoms with Crippen molar-refractivity contribution >= 4 is 30.6 Å². The number of benzene rings is 2. The minimum absolute atomic E-state index is 0.0551. The first-order chi connectivity index (χ1) is 11.7. The summed E-state index contributed by atoms with van der Waals surface area (Å²) in [6, 6.07) is 12.2. The number of nitrogens with zero attached hydrogens (tertiary/aromatic N) is 1. The molecule has 1 atom stereocenters. The zero-order valence-corrected chi connectivity index (χ0v) is 16.1. The van der Waals surface area contributed by atoms with Gasteiger partial charge in [-0.15, -0.1) is 0 Å². The maximum Gasteiger partial charge on any atom is 0.243 e. The maximum absolute atomic E-state index is 13.2. The lowest BCUT2D eigenvalue weighted by Gasteiger charge is -2.29. The summed E-state index contributed by atoms with van der Waals surface area (Å²) in [4.78, 5) is 0.219. The van der Waals surface area contributed by atoms with Gasteiger partial charge >= 0.3 is 0 Å². The zero-order chi connectivity index (χ0) is 18.2. The topological polar surface area (TPSA) is 71.5 Å². The van der Waals surface area contributed by atoms with Crippen LogP contribution in [-0.4, -0.2) is 45.2 Å². The number of sulfone groups is 1. The van der Waals surface area contributed by atoms with Crippen LogP contribution in [0.2, 0.25) is 0 Å². The molecule has 0 aliphatic carbocycles. The van der Waals surface area contributed by atoms with E-state index >= 15 is 0 Å². The molecule has 7 heteroatoms. The van der Waals surface area contributed by atoms with Crippen LogP contribution >= 0.6 is 0 Å². The quantitative estimate of drug-likeness (QED) is 0.798. The van der Waals surface area contributed by atoms with Crippen molar-refractivity contribution in [3.8, 4) is 0 Å². The lowest BCUT2D eigenvalue weighted by Crippen LogP contribution is -2.43. The molecule has 1 aliphatic heterocycles. The molecular formula is C18H23NO4S2. The molecule has 5 nitrogen and oxygen atoms in total. The van der Waals surface area contributed by atoms with Crippen LogP contribution in [0.4, 0.5) is 0 Å². The number of hydrogen-bond donors (Lipinski definition) is 0. The molecule has 0 bridgehead atoms. The number of rotatable bonds is 5. The van der Waals surface area contributed by atoms with Gasteiger partial charge in [-0.2, -0.15) is 4.31 Å². The minimum Gasteiger partial charge on any atom is -0.229 e. The fraction of sp³-hybridized carbons (Fsp3) is 0.444. The van der Waals surface area contributed by atoms with Gasteiger partial charge in [-0.1, -0.05) is 44.2 Å². The van der Waals surface area contributed by atoms with Crippen molar-refractivity contribution in [3.63, 3.8) is 0 Å². The van der Waals surface area contributed by atoms with E-state index in [2.05, 4.69) is 0 Å². The summed E-state index contributed by atoms with van der Waals surface area (Å²) in [7, 11) is -6.91. The van der Waals surface area contributed by atoms with E-state index in [9.17, 15) is 16.8 Å². The largest absolute Gasteiger partial charge is 0.243 e. The van der Waals surface area contributed by atoms with Gasteiger partial charge in [0.2, 0.25) is 10.0 Å². The van der Waals surface area contributed by atoms with Gasteiger partial charge < -0.3 is 0 Å². The molecule has 136 valence electrons. The highest BCUT2D eigenvalue weighted by atomic mass is 32.2. The van der Waals surface area contributed by atoms with Gasteiger partial charge in [-0.3, -0.25) is 0 Å². The van der Waals surface area contributed by atoms with E-state index < -0.39 is 25.9 Å². The molecule has 1 aliphatic rings. The Morgan fingerprint density at radius 2 is 1.80 bits per heavy atom. The second kappa shape index (κ2) is 6.70. The van der Waals surface area contributed by atoms with Crippen LogP contribution in [0.25, 0.3) is 10.8 Å². The summed E-state index contributed by atoms with van der Waals surface area (Å²) in [5, 5.41) is 1.83. The standard InChI is InChI=1S/C18H23NO4S2/c1-14(2)12-19(17-9-10-24(20,21)13-17)25(22,23)18-8-7-15-5-3-4-6-16(15)11-18/h3-8,11,14,17H,9-10,12-13H2,1-2H3/t17-/m1/s1. The highest BCUT2D eigenvalue weighted by Crippen LogP contribution is 2.28. The molecule has 1 fully saturated rings. The highest BCUT2D eigenvalue weighted by Gasteiger charge is 2.39. The molecular weight excluding hydrogens is 358 g/mol. The van der Waals surface area contributed by atoms with Crippen LogP contribution in [0.5, 0.6) is 0 Å². The van der Waals surface area contributed by atoms with Crippen molar-refractivity contribution in [3.05, 3.63) is 42.5 Å². The average molecular weight is 382 g/mol. The number of hydrogen-bond acceptors (Lipinski definition) is 4. The Labute approximate surface area is 149 Å². The molecule has 0 N–H and O–H groups in total. The van der Waals surface area contributed by atoms with Crippen molar-refractivity contribution in [1.29, 1.82) is 0 Å². The predicted octanol–water partition coefficient (Wildman–Crippen LogP) is 2.67. The molecule has 1 saturated heterocycles. The average Bonchev–Trinajstić information content (AvgIpc) is 2.91. The summed E-state index contributed by atoms with van der Waals surface area (Å²) >= 11 is 0. The van der Waals surface area contributed by atoms with Crippen LogP contribution in [0.1, 0.15) is 20.3 Å². The third kappa shape index (κ3) is 3.88. The van der Waals surface area contributed by atoms with Gasteiger partial charge in [0.25, 0.3) is 0 Å². The van der Waals surface area contributed by atoms with Crippen LogP contribution in [0, 0.1) is 5.92 Å². The van der Waals surface area contributed by atoms with Gasteiger partial charge in [0.1, 0.15) is 0 Å². The first-order valence-corrected chi connectivity index (χ1v) is 11.7. The molecule has 2 aromatic rings. The maximum atomic E-state index is 13.2. The Morgan fingerprint density at radius 3 is 2.40 bits per heavy atom. The minimum atomic E-state index is -3.75. The number of sulfonamides is 1. The second-order valence-electron chi connectivity index (χ2n) is 7.03. The van der Waals surface area contributed by atoms with E-state index in [4.69, 9.17) is 0 Å². The lowest BCUT2D eigenvalue weighted by atomic mass is 10.1. The normalized spacial score (nSPS) is 20.6. The molecule has 1 heterocycles. The van der Waals surface area contributed by atoms with E-state index in [-0.39, 0.29) is 22.3 Å². The van der Waals surface area contributed by atoms with Crippen molar-refractivity contribution in [2.24, 2.45) is 5.92 Å². The molecule has 3 rings (SSSR count). The van der Waals surface area contributed by atoms with Crippen LogP contribution in [-0.2, 0) is 19.9 Å². The van der Waals surface area contributed by atoms with Crippen molar-refractivity contribution in [1.82, 2.24) is 4.31 Å². The molecule has 0 spiro atoms. The molecule has 25 heavy (non-hydrogen) atoms. The van der Waals surface area contributed by atoms with Gasteiger partial charge in [0, 0.05) is 12.6 Å². The molecule has 0 aromatic heterocycles. The fourth-order valence-corrected chi connectivity index (χ4v) is 6.95. The van der Waals surface area contributed by atoms with Gasteiger partial charge in [-0.05, 0) is 35.2 Å². The summed E-state index contributed by atoms with van der Waals surface area (Å²) in [6.07, 6.45) is 0.363. The smallest absolute Gasteiger partial charge is 0.229 e. The third-order valence-electron chi connectivity index (χ3n) is 4.49. The van der Waals surface area contributed by atoms with Gasteiger partial charge in [-0.25, -0.2) is 16.8 Å². The Morgan fingerprint density at radius 1 is 1.12 bits per heavy atom. The summed E-state index contributed by atoms with van der Waals surface area (Å²) in [5.74, 6) is 0.0741. The van der Waals surface area contributed by atoms with Crippen molar-refractivity contribution < 1.29 is 16.8 Å². The van der Waals surface area contributed by atoms with E-state index in [1.165, 1.54) is 4.31 Å². The van der Waals surface area contributed by atoms with Crippen molar-refractivity contribution in [2.75, 3.05) is 18.1 Å². The monoisotopic (exact) mass is 381 g/mol. The SMILES string of the molecule is CC(C)CN([C@@H]1CCS(=O)(=O)C1)S(=O)(=O)c1ccc2ccccc2c1. The van der Waals surface area contributed by atoms with Crippen LogP contribution in [0.15, 0.2) is 47.4 Å². The Kier molecular flexibility index (Phi) is 4.92. The fourth-order valence-electron chi connectivity index (χ4n) is 3.27. The lowest BCUT2D eigenvalue weighted by molar-refractivity contribution is 0.308. The second-order valence-corrected chi connectivity index (χ2v) is 11.2. The summed E-state index contributed by atoms with van der Waals surface area (Å²) in [6.45, 7) is 4.19. The third-order valence-corrected chi connectivity index (χ3v) is 8.15. The van der Waals surface area contributed by atoms with E-state index in [0.29, 0.717) is 13.0 Å². The summed E-state index contributed by atoms with van der Waals surface area (Å²) < 4.78 is 51.6. The molecule has 0 amide bonds. The molecule has 0 unspecified atom stereocenters. The van der Waals surface area contributed by atoms with Gasteiger partial charge in [0.05, 0.1) is 16.4 Å². The molecule has 2 aromatic carbocycles. The van der Waals surface area contributed by atoms with Crippen molar-refractivity contribution in [2.45, 2.75) is 31.2 Å².